The predicted octanol–water partition coefficient (Wildman–Crippen LogP) is -0.778. The van der Waals surface area contributed by atoms with Gasteiger partial charge in [0.1, 0.15) is 0 Å². The van der Waals surface area contributed by atoms with Gasteiger partial charge in [-0.25, -0.2) is 0 Å². The number of nitrogens with zero attached hydrogens (tertiary/aromatic N) is 1. The molecule has 4 heteroatoms. The van der Waals surface area contributed by atoms with Gasteiger partial charge in [-0.1, -0.05) is 11.6 Å². The van der Waals surface area contributed by atoms with E-state index in [1.165, 1.54) is 49.8 Å². The number of quaternary nitrogens is 1. The summed E-state index contributed by atoms with van der Waals surface area (Å²) in [6, 6.07) is 0.815. The van der Waals surface area contributed by atoms with Gasteiger partial charge in [-0.2, -0.15) is 0 Å². The molecule has 0 spiro atoms. The molecule has 0 aromatic heterocycles. The average molecular weight is 266 g/mol. The predicted molar refractivity (Wildman–Crippen MR) is 60.8 cm³/mol. The Labute approximate surface area is 109 Å². The molecule has 0 amide bonds. The van der Waals surface area contributed by atoms with Gasteiger partial charge in [0.15, 0.2) is 6.00 Å². The van der Waals surface area contributed by atoms with Crippen LogP contribution in [-0.2, 0) is 4.74 Å². The maximum absolute atomic E-state index is 6.17. The van der Waals surface area contributed by atoms with Crippen LogP contribution >= 0.6 is 11.6 Å². The summed E-state index contributed by atoms with van der Waals surface area (Å²) in [6.45, 7) is 4.92. The maximum atomic E-state index is 6.17. The lowest BCUT2D eigenvalue weighted by Gasteiger charge is -2.52. The Hall–Kier alpha value is 0.500. The van der Waals surface area contributed by atoms with Crippen molar-refractivity contribution in [3.05, 3.63) is 0 Å². The van der Waals surface area contributed by atoms with Gasteiger partial charge in [0, 0.05) is 25.4 Å². The molecule has 2 bridgehead atoms. The second-order valence-corrected chi connectivity index (χ2v) is 5.88. The maximum Gasteiger partial charge on any atom is 0.154 e. The highest BCUT2D eigenvalue weighted by Crippen LogP contribution is 2.42. The van der Waals surface area contributed by atoms with E-state index in [1.54, 1.807) is 0 Å². The van der Waals surface area contributed by atoms with Crippen molar-refractivity contribution < 1.29 is 21.6 Å². The number of fused-ring (bicyclic) bond motifs is 3. The van der Waals surface area contributed by atoms with Crippen LogP contribution in [-0.4, -0.2) is 42.8 Å². The SMILES string of the molecule is ClC[N+]12CCC(CC1)C(C1CCCO1)C2.[Cl-]. The van der Waals surface area contributed by atoms with Crippen LogP contribution in [0.3, 0.4) is 0 Å². The summed E-state index contributed by atoms with van der Waals surface area (Å²) in [6.07, 6.45) is 5.91. The highest BCUT2D eigenvalue weighted by atomic mass is 35.5. The summed E-state index contributed by atoms with van der Waals surface area (Å²) in [5, 5.41) is 0. The van der Waals surface area contributed by atoms with Crippen molar-refractivity contribution in [1.82, 2.24) is 0 Å². The molecule has 4 heterocycles. The Kier molecular flexibility index (Phi) is 4.05. The summed E-state index contributed by atoms with van der Waals surface area (Å²) in [4.78, 5) is 0. The number of rotatable bonds is 2. The summed E-state index contributed by atoms with van der Waals surface area (Å²) in [5.74, 6) is 1.75. The fourth-order valence-electron chi connectivity index (χ4n) is 3.87. The molecule has 4 fully saturated rings. The van der Waals surface area contributed by atoms with E-state index >= 15 is 0 Å². The first kappa shape index (κ1) is 12.9. The van der Waals surface area contributed by atoms with Gasteiger partial charge >= 0.3 is 0 Å². The lowest BCUT2D eigenvalue weighted by atomic mass is 9.74. The van der Waals surface area contributed by atoms with Crippen molar-refractivity contribution in [2.24, 2.45) is 11.8 Å². The Bertz CT molecular complexity index is 233. The molecule has 2 atom stereocenters. The third-order valence-corrected chi connectivity index (χ3v) is 5.36. The number of halogens is 2. The smallest absolute Gasteiger partial charge is 0.154 e. The fraction of sp³-hybridized carbons (Fsp3) is 1.00. The van der Waals surface area contributed by atoms with Crippen LogP contribution in [0.15, 0.2) is 0 Å². The van der Waals surface area contributed by atoms with Crippen LogP contribution in [0.25, 0.3) is 0 Å². The lowest BCUT2D eigenvalue weighted by Crippen LogP contribution is -3.00. The minimum atomic E-state index is 0. The quantitative estimate of drug-likeness (QED) is 0.362. The topological polar surface area (TPSA) is 9.23 Å². The molecule has 4 aliphatic heterocycles. The third-order valence-electron chi connectivity index (χ3n) is 4.85. The largest absolute Gasteiger partial charge is 1.00 e. The second-order valence-electron chi connectivity index (χ2n) is 5.64. The van der Waals surface area contributed by atoms with E-state index < -0.39 is 0 Å². The molecule has 94 valence electrons. The lowest BCUT2D eigenvalue weighted by molar-refractivity contribution is -0.937. The molecule has 4 aliphatic rings. The van der Waals surface area contributed by atoms with E-state index in [9.17, 15) is 0 Å². The van der Waals surface area contributed by atoms with E-state index in [0.29, 0.717) is 6.10 Å². The number of hydrogen-bond donors (Lipinski definition) is 0. The molecule has 0 aromatic rings. The van der Waals surface area contributed by atoms with Gasteiger partial charge in [-0.05, 0) is 18.8 Å². The molecule has 4 rings (SSSR count). The van der Waals surface area contributed by atoms with E-state index in [1.807, 2.05) is 0 Å². The molecule has 2 nitrogen and oxygen atoms in total. The van der Waals surface area contributed by atoms with Crippen molar-refractivity contribution in [2.45, 2.75) is 31.8 Å². The van der Waals surface area contributed by atoms with E-state index in [-0.39, 0.29) is 12.4 Å². The van der Waals surface area contributed by atoms with E-state index in [0.717, 1.165) is 24.4 Å². The number of ether oxygens (including phenoxy) is 1. The van der Waals surface area contributed by atoms with Gasteiger partial charge < -0.3 is 21.6 Å². The van der Waals surface area contributed by atoms with Crippen molar-refractivity contribution in [3.63, 3.8) is 0 Å². The molecule has 4 saturated heterocycles. The molecular formula is C12H21Cl2NO. The monoisotopic (exact) mass is 265 g/mol. The average Bonchev–Trinajstić information content (AvgIpc) is 2.84. The molecular weight excluding hydrogens is 245 g/mol. The number of piperidine rings is 3. The van der Waals surface area contributed by atoms with Crippen LogP contribution in [0.5, 0.6) is 0 Å². The Morgan fingerprint density at radius 2 is 1.94 bits per heavy atom. The number of alkyl halides is 1. The Balaban J connectivity index is 0.000000963. The standard InChI is InChI=1S/C12H21ClNO.ClH/c13-9-14-5-3-10(4-6-14)11(8-14)12-2-1-7-15-12;/h10-12H,1-9H2;1H/q+1;/p-1. The minimum Gasteiger partial charge on any atom is -1.00 e. The zero-order valence-corrected chi connectivity index (χ0v) is 11.2. The summed E-state index contributed by atoms with van der Waals surface area (Å²) < 4.78 is 7.05. The molecule has 0 N–H and O–H groups in total. The molecule has 0 radical (unpaired) electrons. The first-order valence-electron chi connectivity index (χ1n) is 6.36. The molecule has 16 heavy (non-hydrogen) atoms. The molecule has 2 unspecified atom stereocenters. The zero-order chi connectivity index (χ0) is 10.3. The van der Waals surface area contributed by atoms with Gasteiger partial charge in [-0.3, -0.25) is 0 Å². The van der Waals surface area contributed by atoms with Crippen LogP contribution in [0, 0.1) is 11.8 Å². The fourth-order valence-corrected chi connectivity index (χ4v) is 4.21. The first-order valence-corrected chi connectivity index (χ1v) is 6.89. The van der Waals surface area contributed by atoms with E-state index in [4.69, 9.17) is 16.3 Å². The van der Waals surface area contributed by atoms with Crippen LogP contribution in [0.4, 0.5) is 0 Å². The highest BCUT2D eigenvalue weighted by Gasteiger charge is 2.48. The van der Waals surface area contributed by atoms with Gasteiger partial charge in [-0.15, -0.1) is 0 Å². The summed E-state index contributed by atoms with van der Waals surface area (Å²) in [7, 11) is 0. The molecule has 0 aromatic carbocycles. The van der Waals surface area contributed by atoms with Crippen LogP contribution < -0.4 is 12.4 Å². The summed E-state index contributed by atoms with van der Waals surface area (Å²) >= 11 is 6.17. The van der Waals surface area contributed by atoms with E-state index in [2.05, 4.69) is 0 Å². The molecule has 0 saturated carbocycles. The van der Waals surface area contributed by atoms with Crippen molar-refractivity contribution in [3.8, 4) is 0 Å². The van der Waals surface area contributed by atoms with Crippen LogP contribution in [0.2, 0.25) is 0 Å². The number of hydrogen-bond acceptors (Lipinski definition) is 1. The van der Waals surface area contributed by atoms with Crippen LogP contribution in [0.1, 0.15) is 25.7 Å². The van der Waals surface area contributed by atoms with Crippen molar-refractivity contribution in [1.29, 1.82) is 0 Å². The van der Waals surface area contributed by atoms with Gasteiger partial charge in [0.25, 0.3) is 0 Å². The van der Waals surface area contributed by atoms with Gasteiger partial charge in [0.2, 0.25) is 0 Å². The highest BCUT2D eigenvalue weighted by molar-refractivity contribution is 6.17. The van der Waals surface area contributed by atoms with Gasteiger partial charge in [0.05, 0.1) is 25.7 Å². The molecule has 0 aliphatic carbocycles. The normalized spacial score (nSPS) is 46.7. The van der Waals surface area contributed by atoms with Crippen molar-refractivity contribution >= 4 is 11.6 Å². The Morgan fingerprint density at radius 1 is 1.19 bits per heavy atom. The second kappa shape index (κ2) is 5.01. The zero-order valence-electron chi connectivity index (χ0n) is 9.71. The first-order chi connectivity index (χ1) is 7.33. The van der Waals surface area contributed by atoms with Crippen molar-refractivity contribution in [2.75, 3.05) is 32.2 Å². The third kappa shape index (κ3) is 2.10. The summed E-state index contributed by atoms with van der Waals surface area (Å²) in [5.41, 5.74) is 0. The minimum absolute atomic E-state index is 0. The Morgan fingerprint density at radius 3 is 2.50 bits per heavy atom.